The van der Waals surface area contributed by atoms with Crippen molar-refractivity contribution in [2.24, 2.45) is 5.73 Å². The van der Waals surface area contributed by atoms with Crippen LogP contribution in [-0.2, 0) is 15.5 Å². The highest BCUT2D eigenvalue weighted by Crippen LogP contribution is 2.37. The van der Waals surface area contributed by atoms with Gasteiger partial charge in [0, 0.05) is 0 Å². The SMILES string of the molecule is CCCCCCOc1ccc2oc3cc(CCC(N)(CO)COP(=O)(O)O)ccc3c(=O)c2c1. The zero-order valence-corrected chi connectivity index (χ0v) is 20.1. The highest BCUT2D eigenvalue weighted by Gasteiger charge is 2.28. The van der Waals surface area contributed by atoms with Gasteiger partial charge in [-0.15, -0.1) is 0 Å². The van der Waals surface area contributed by atoms with E-state index in [1.807, 2.05) is 0 Å². The van der Waals surface area contributed by atoms with Gasteiger partial charge in [0.15, 0.2) is 0 Å². The first-order valence-electron chi connectivity index (χ1n) is 11.4. The van der Waals surface area contributed by atoms with Crippen molar-refractivity contribution in [1.82, 2.24) is 0 Å². The summed E-state index contributed by atoms with van der Waals surface area (Å²) in [4.78, 5) is 30.8. The molecule has 0 aliphatic heterocycles. The van der Waals surface area contributed by atoms with Crippen LogP contribution in [0.25, 0.3) is 21.9 Å². The van der Waals surface area contributed by atoms with Gasteiger partial charge in [0.1, 0.15) is 16.9 Å². The maximum absolute atomic E-state index is 13.1. The highest BCUT2D eigenvalue weighted by atomic mass is 31.2. The van der Waals surface area contributed by atoms with Gasteiger partial charge in [0.05, 0.1) is 36.1 Å². The molecule has 0 amide bonds. The van der Waals surface area contributed by atoms with E-state index in [-0.39, 0.29) is 11.8 Å². The minimum atomic E-state index is -4.70. The van der Waals surface area contributed by atoms with Crippen molar-refractivity contribution in [3.8, 4) is 5.75 Å². The Labute approximate surface area is 197 Å². The number of aliphatic hydroxyl groups is 1. The third-order valence-electron chi connectivity index (χ3n) is 5.72. The van der Waals surface area contributed by atoms with Gasteiger partial charge in [0.25, 0.3) is 0 Å². The second-order valence-corrected chi connectivity index (χ2v) is 9.85. The molecule has 1 atom stereocenters. The molecule has 1 heterocycles. The molecule has 0 radical (unpaired) electrons. The van der Waals surface area contributed by atoms with Crippen LogP contribution in [0.3, 0.4) is 0 Å². The molecule has 1 unspecified atom stereocenters. The monoisotopic (exact) mass is 493 g/mol. The molecule has 0 spiro atoms. The van der Waals surface area contributed by atoms with Crippen molar-refractivity contribution in [3.63, 3.8) is 0 Å². The fourth-order valence-corrected chi connectivity index (χ4v) is 4.07. The van der Waals surface area contributed by atoms with E-state index in [0.29, 0.717) is 40.7 Å². The van der Waals surface area contributed by atoms with Crippen molar-refractivity contribution < 1.29 is 33.1 Å². The van der Waals surface area contributed by atoms with Crippen LogP contribution in [0.2, 0.25) is 0 Å². The number of phosphoric ester groups is 1. The lowest BCUT2D eigenvalue weighted by Crippen LogP contribution is -2.48. The summed E-state index contributed by atoms with van der Waals surface area (Å²) in [6.45, 7) is 1.75. The molecule has 0 bridgehead atoms. The van der Waals surface area contributed by atoms with E-state index in [1.165, 1.54) is 6.42 Å². The smallest absolute Gasteiger partial charge is 0.469 e. The molecule has 3 rings (SSSR count). The Morgan fingerprint density at radius 3 is 2.56 bits per heavy atom. The largest absolute Gasteiger partial charge is 0.494 e. The molecular formula is C24H32NO8P. The fourth-order valence-electron chi connectivity index (χ4n) is 3.64. The van der Waals surface area contributed by atoms with Gasteiger partial charge in [-0.3, -0.25) is 9.32 Å². The zero-order chi connectivity index (χ0) is 24.8. The standard InChI is InChI=1S/C24H32NO8P/c1-2-3-4-5-12-31-18-7-9-21-20(14-18)23(27)19-8-6-17(13-22(19)33-21)10-11-24(25,15-26)16-32-34(28,29)30/h6-9,13-14,26H,2-5,10-12,15-16,25H2,1H3,(H2,28,29,30). The predicted octanol–water partition coefficient (Wildman–Crippen LogP) is 3.64. The molecule has 10 heteroatoms. The lowest BCUT2D eigenvalue weighted by Gasteiger charge is -2.27. The minimum Gasteiger partial charge on any atom is -0.494 e. The van der Waals surface area contributed by atoms with Crippen molar-refractivity contribution in [2.75, 3.05) is 19.8 Å². The molecule has 34 heavy (non-hydrogen) atoms. The van der Waals surface area contributed by atoms with Crippen molar-refractivity contribution in [3.05, 3.63) is 52.2 Å². The van der Waals surface area contributed by atoms with Crippen LogP contribution in [-0.4, -0.2) is 40.3 Å². The number of hydrogen-bond acceptors (Lipinski definition) is 7. The zero-order valence-electron chi connectivity index (χ0n) is 19.2. The number of fused-ring (bicyclic) bond motifs is 2. The van der Waals surface area contributed by atoms with Crippen LogP contribution in [0.4, 0.5) is 0 Å². The molecule has 0 saturated heterocycles. The first kappa shape index (κ1) is 26.3. The quantitative estimate of drug-likeness (QED) is 0.159. The second-order valence-electron chi connectivity index (χ2n) is 8.61. The molecule has 3 aromatic rings. The Bertz CT molecular complexity index is 1220. The van der Waals surface area contributed by atoms with Crippen LogP contribution in [0.1, 0.15) is 44.6 Å². The average Bonchev–Trinajstić information content (AvgIpc) is 2.81. The topological polar surface area (TPSA) is 152 Å². The number of aliphatic hydroxyl groups excluding tert-OH is 1. The summed E-state index contributed by atoms with van der Waals surface area (Å²) in [5.41, 5.74) is 6.21. The summed E-state index contributed by atoms with van der Waals surface area (Å²) in [6, 6.07) is 10.4. The Balaban J connectivity index is 1.76. The number of unbranched alkanes of at least 4 members (excludes halogenated alkanes) is 3. The van der Waals surface area contributed by atoms with E-state index in [0.717, 1.165) is 24.8 Å². The van der Waals surface area contributed by atoms with Gasteiger partial charge in [0.2, 0.25) is 5.43 Å². The third-order valence-corrected chi connectivity index (χ3v) is 6.18. The average molecular weight is 493 g/mol. The summed E-state index contributed by atoms with van der Waals surface area (Å²) in [7, 11) is -4.70. The summed E-state index contributed by atoms with van der Waals surface area (Å²) in [6.07, 6.45) is 4.99. The molecule has 0 saturated carbocycles. The van der Waals surface area contributed by atoms with Gasteiger partial charge in [-0.25, -0.2) is 4.57 Å². The van der Waals surface area contributed by atoms with Gasteiger partial charge in [-0.1, -0.05) is 32.3 Å². The Hall–Kier alpha value is -2.26. The summed E-state index contributed by atoms with van der Waals surface area (Å²) >= 11 is 0. The van der Waals surface area contributed by atoms with Crippen LogP contribution in [0.15, 0.2) is 45.6 Å². The van der Waals surface area contributed by atoms with Crippen LogP contribution in [0, 0.1) is 0 Å². The van der Waals surface area contributed by atoms with E-state index >= 15 is 0 Å². The molecule has 1 aromatic heterocycles. The second kappa shape index (κ2) is 11.4. The first-order valence-corrected chi connectivity index (χ1v) is 12.9. The van der Waals surface area contributed by atoms with Gasteiger partial charge < -0.3 is 29.8 Å². The van der Waals surface area contributed by atoms with Crippen molar-refractivity contribution >= 4 is 29.8 Å². The Kier molecular flexibility index (Phi) is 8.87. The molecule has 9 nitrogen and oxygen atoms in total. The number of hydrogen-bond donors (Lipinski definition) is 4. The Morgan fingerprint density at radius 2 is 1.85 bits per heavy atom. The maximum atomic E-state index is 13.1. The number of benzene rings is 2. The number of rotatable bonds is 13. The minimum absolute atomic E-state index is 0.155. The molecule has 0 aliphatic carbocycles. The number of ether oxygens (including phenoxy) is 1. The molecular weight excluding hydrogens is 461 g/mol. The van der Waals surface area contributed by atoms with Gasteiger partial charge in [-0.2, -0.15) is 0 Å². The fraction of sp³-hybridized carbons (Fsp3) is 0.458. The molecule has 2 aromatic carbocycles. The maximum Gasteiger partial charge on any atom is 0.469 e. The predicted molar refractivity (Wildman–Crippen MR) is 130 cm³/mol. The third kappa shape index (κ3) is 7.12. The van der Waals surface area contributed by atoms with Gasteiger partial charge >= 0.3 is 7.82 Å². The van der Waals surface area contributed by atoms with E-state index < -0.39 is 26.6 Å². The molecule has 186 valence electrons. The lowest BCUT2D eigenvalue weighted by molar-refractivity contribution is 0.102. The van der Waals surface area contributed by atoms with Crippen LogP contribution in [0.5, 0.6) is 5.75 Å². The molecule has 5 N–H and O–H groups in total. The van der Waals surface area contributed by atoms with E-state index in [4.69, 9.17) is 24.7 Å². The lowest BCUT2D eigenvalue weighted by atomic mass is 9.93. The van der Waals surface area contributed by atoms with E-state index in [2.05, 4.69) is 11.4 Å². The normalized spacial score (nSPS) is 13.9. The first-order chi connectivity index (χ1) is 16.1. The summed E-state index contributed by atoms with van der Waals surface area (Å²) in [5.74, 6) is 0.632. The van der Waals surface area contributed by atoms with E-state index in [9.17, 15) is 14.5 Å². The van der Waals surface area contributed by atoms with Gasteiger partial charge in [-0.05, 0) is 55.2 Å². The summed E-state index contributed by atoms with van der Waals surface area (Å²) < 4.78 is 27.2. The van der Waals surface area contributed by atoms with E-state index in [1.54, 1.807) is 36.4 Å². The highest BCUT2D eigenvalue weighted by molar-refractivity contribution is 7.46. The van der Waals surface area contributed by atoms with Crippen LogP contribution >= 0.6 is 7.82 Å². The van der Waals surface area contributed by atoms with Crippen molar-refractivity contribution in [2.45, 2.75) is 51.0 Å². The van der Waals surface area contributed by atoms with Crippen LogP contribution < -0.4 is 15.9 Å². The van der Waals surface area contributed by atoms with Crippen molar-refractivity contribution in [1.29, 1.82) is 0 Å². The number of phosphoric acid groups is 1. The molecule has 0 fully saturated rings. The Morgan fingerprint density at radius 1 is 1.06 bits per heavy atom. The number of aryl methyl sites for hydroxylation is 1. The molecule has 0 aliphatic rings. The number of nitrogens with two attached hydrogens (primary N) is 1. The summed E-state index contributed by atoms with van der Waals surface area (Å²) in [5, 5.41) is 10.5.